The quantitative estimate of drug-likeness (QED) is 0.863. The van der Waals surface area contributed by atoms with E-state index in [0.29, 0.717) is 18.2 Å². The minimum atomic E-state index is 0.214. The first-order valence-corrected chi connectivity index (χ1v) is 6.30. The van der Waals surface area contributed by atoms with E-state index in [1.807, 2.05) is 24.3 Å². The number of azo groups is 1. The minimum Gasteiger partial charge on any atom is -0.508 e. The number of ether oxygens (including phenoxy) is 1. The topological polar surface area (TPSA) is 66.5 Å². The molecule has 20 heavy (non-hydrogen) atoms. The van der Waals surface area contributed by atoms with Gasteiger partial charge in [0.05, 0.1) is 17.9 Å². The predicted octanol–water partition coefficient (Wildman–Crippen LogP) is 3.58. The van der Waals surface area contributed by atoms with Crippen molar-refractivity contribution in [2.45, 2.75) is 0 Å². The van der Waals surface area contributed by atoms with E-state index in [2.05, 4.69) is 15.2 Å². The highest BCUT2D eigenvalue weighted by atomic mass is 16.5. The molecule has 5 nitrogen and oxygen atoms in total. The number of aliphatic imine (C=N–C) groups is 1. The first kappa shape index (κ1) is 12.3. The van der Waals surface area contributed by atoms with E-state index in [0.717, 1.165) is 17.8 Å². The molecular weight excluding hydrogens is 254 g/mol. The second-order valence-electron chi connectivity index (χ2n) is 4.30. The zero-order chi connectivity index (χ0) is 13.8. The molecule has 1 aliphatic heterocycles. The number of nitrogens with zero attached hydrogens (tertiary/aromatic N) is 3. The lowest BCUT2D eigenvalue weighted by Gasteiger charge is -2.01. The van der Waals surface area contributed by atoms with Gasteiger partial charge in [0.15, 0.2) is 0 Å². The lowest BCUT2D eigenvalue weighted by atomic mass is 10.2. The fourth-order valence-electron chi connectivity index (χ4n) is 1.82. The Morgan fingerprint density at radius 3 is 2.05 bits per heavy atom. The highest BCUT2D eigenvalue weighted by Gasteiger charge is 2.09. The van der Waals surface area contributed by atoms with E-state index in [1.54, 1.807) is 24.3 Å². The normalized spacial score (nSPS) is 14.3. The van der Waals surface area contributed by atoms with E-state index in [4.69, 9.17) is 4.74 Å². The molecule has 0 unspecified atom stereocenters. The molecule has 0 saturated carbocycles. The van der Waals surface area contributed by atoms with Gasteiger partial charge in [0, 0.05) is 5.56 Å². The van der Waals surface area contributed by atoms with Crippen molar-refractivity contribution in [2.24, 2.45) is 15.2 Å². The van der Waals surface area contributed by atoms with Gasteiger partial charge in [0.25, 0.3) is 0 Å². The maximum absolute atomic E-state index is 9.18. The van der Waals surface area contributed by atoms with Crippen LogP contribution < -0.4 is 0 Å². The number of phenols is 1. The monoisotopic (exact) mass is 267 g/mol. The van der Waals surface area contributed by atoms with Gasteiger partial charge in [0.2, 0.25) is 5.90 Å². The lowest BCUT2D eigenvalue weighted by Crippen LogP contribution is -1.99. The molecule has 0 saturated heterocycles. The van der Waals surface area contributed by atoms with Crippen molar-refractivity contribution in [1.82, 2.24) is 0 Å². The zero-order valence-corrected chi connectivity index (χ0v) is 10.7. The molecule has 0 atom stereocenters. The van der Waals surface area contributed by atoms with Crippen LogP contribution in [0.1, 0.15) is 5.56 Å². The number of phenolic OH excluding ortho intramolecular Hbond substituents is 1. The standard InChI is InChI=1S/C15H13N3O2/c19-14-7-5-13(6-8-14)18-17-12-3-1-11(2-4-12)15-16-9-10-20-15/h1-8,19H,9-10H2. The van der Waals surface area contributed by atoms with Crippen LogP contribution in [-0.2, 0) is 4.74 Å². The van der Waals surface area contributed by atoms with Gasteiger partial charge in [-0.25, -0.2) is 4.99 Å². The molecule has 0 fully saturated rings. The average Bonchev–Trinajstić information content (AvgIpc) is 3.01. The molecule has 0 aliphatic carbocycles. The Labute approximate surface area is 116 Å². The van der Waals surface area contributed by atoms with Gasteiger partial charge in [-0.2, -0.15) is 10.2 Å². The molecule has 0 radical (unpaired) electrons. The van der Waals surface area contributed by atoms with Crippen molar-refractivity contribution in [1.29, 1.82) is 0 Å². The summed E-state index contributed by atoms with van der Waals surface area (Å²) in [5.74, 6) is 0.901. The Hall–Kier alpha value is -2.69. The van der Waals surface area contributed by atoms with E-state index in [-0.39, 0.29) is 5.75 Å². The van der Waals surface area contributed by atoms with E-state index in [1.165, 1.54) is 0 Å². The van der Waals surface area contributed by atoms with Crippen LogP contribution in [0.4, 0.5) is 11.4 Å². The summed E-state index contributed by atoms with van der Waals surface area (Å²) in [5.41, 5.74) is 2.39. The van der Waals surface area contributed by atoms with Crippen molar-refractivity contribution < 1.29 is 9.84 Å². The van der Waals surface area contributed by atoms with Gasteiger partial charge in [0.1, 0.15) is 12.4 Å². The molecule has 0 amide bonds. The Bertz CT molecular complexity index is 646. The summed E-state index contributed by atoms with van der Waals surface area (Å²) < 4.78 is 5.39. The summed E-state index contributed by atoms with van der Waals surface area (Å²) in [6.45, 7) is 1.37. The van der Waals surface area contributed by atoms with Crippen molar-refractivity contribution in [3.05, 3.63) is 54.1 Å². The van der Waals surface area contributed by atoms with Gasteiger partial charge in [-0.3, -0.25) is 0 Å². The van der Waals surface area contributed by atoms with Crippen molar-refractivity contribution in [3.8, 4) is 5.75 Å². The Morgan fingerprint density at radius 2 is 1.50 bits per heavy atom. The van der Waals surface area contributed by atoms with Crippen LogP contribution in [-0.4, -0.2) is 24.2 Å². The number of benzene rings is 2. The van der Waals surface area contributed by atoms with Crippen molar-refractivity contribution in [3.63, 3.8) is 0 Å². The van der Waals surface area contributed by atoms with Gasteiger partial charge in [-0.1, -0.05) is 0 Å². The largest absolute Gasteiger partial charge is 0.508 e. The summed E-state index contributed by atoms with van der Waals surface area (Å²) >= 11 is 0. The van der Waals surface area contributed by atoms with Gasteiger partial charge < -0.3 is 9.84 Å². The maximum atomic E-state index is 9.18. The van der Waals surface area contributed by atoms with Crippen LogP contribution >= 0.6 is 0 Å². The van der Waals surface area contributed by atoms with E-state index in [9.17, 15) is 5.11 Å². The van der Waals surface area contributed by atoms with Gasteiger partial charge in [-0.05, 0) is 48.5 Å². The maximum Gasteiger partial charge on any atom is 0.216 e. The van der Waals surface area contributed by atoms with E-state index < -0.39 is 0 Å². The third-order valence-electron chi connectivity index (χ3n) is 2.83. The van der Waals surface area contributed by atoms with Crippen molar-refractivity contribution in [2.75, 3.05) is 13.2 Å². The summed E-state index contributed by atoms with van der Waals surface area (Å²) in [7, 11) is 0. The zero-order valence-electron chi connectivity index (χ0n) is 10.7. The molecule has 0 bridgehead atoms. The third kappa shape index (κ3) is 2.83. The van der Waals surface area contributed by atoms with Crippen molar-refractivity contribution >= 4 is 17.3 Å². The molecule has 100 valence electrons. The van der Waals surface area contributed by atoms with Crippen LogP contribution in [0.3, 0.4) is 0 Å². The molecule has 0 aromatic heterocycles. The van der Waals surface area contributed by atoms with Gasteiger partial charge >= 0.3 is 0 Å². The number of hydrogen-bond acceptors (Lipinski definition) is 5. The van der Waals surface area contributed by atoms with Crippen LogP contribution in [0.25, 0.3) is 0 Å². The fraction of sp³-hybridized carbons (Fsp3) is 0.133. The van der Waals surface area contributed by atoms with Crippen LogP contribution in [0.15, 0.2) is 63.8 Å². The first-order valence-electron chi connectivity index (χ1n) is 6.30. The molecule has 0 spiro atoms. The van der Waals surface area contributed by atoms with Crippen LogP contribution in [0.2, 0.25) is 0 Å². The molecular formula is C15H13N3O2. The minimum absolute atomic E-state index is 0.214. The number of aromatic hydroxyl groups is 1. The van der Waals surface area contributed by atoms with Gasteiger partial charge in [-0.15, -0.1) is 0 Å². The first-order chi connectivity index (χ1) is 9.81. The van der Waals surface area contributed by atoms with Crippen LogP contribution in [0, 0.1) is 0 Å². The SMILES string of the molecule is Oc1ccc(N=Nc2ccc(C3=NCCO3)cc2)cc1. The Balaban J connectivity index is 1.73. The molecule has 3 rings (SSSR count). The average molecular weight is 267 g/mol. The third-order valence-corrected chi connectivity index (χ3v) is 2.83. The molecule has 2 aromatic carbocycles. The van der Waals surface area contributed by atoms with Crippen LogP contribution in [0.5, 0.6) is 5.75 Å². The summed E-state index contributed by atoms with van der Waals surface area (Å²) in [6, 6.07) is 14.1. The highest BCUT2D eigenvalue weighted by molar-refractivity contribution is 5.95. The Kier molecular flexibility index (Phi) is 3.41. The second kappa shape index (κ2) is 5.52. The fourth-order valence-corrected chi connectivity index (χ4v) is 1.82. The Morgan fingerprint density at radius 1 is 0.900 bits per heavy atom. The smallest absolute Gasteiger partial charge is 0.216 e. The lowest BCUT2D eigenvalue weighted by molar-refractivity contribution is 0.348. The molecule has 5 heteroatoms. The summed E-state index contributed by atoms with van der Waals surface area (Å²) in [6.07, 6.45) is 0. The molecule has 1 aliphatic rings. The summed E-state index contributed by atoms with van der Waals surface area (Å²) in [4.78, 5) is 4.25. The molecule has 2 aromatic rings. The number of hydrogen-bond donors (Lipinski definition) is 1. The summed E-state index contributed by atoms with van der Waals surface area (Å²) in [5, 5.41) is 17.4. The predicted molar refractivity (Wildman–Crippen MR) is 76.1 cm³/mol. The highest BCUT2D eigenvalue weighted by Crippen LogP contribution is 2.21. The molecule has 1 N–H and O–H groups in total. The number of rotatable bonds is 3. The molecule has 1 heterocycles. The van der Waals surface area contributed by atoms with E-state index >= 15 is 0 Å². The second-order valence-corrected chi connectivity index (χ2v) is 4.30.